The van der Waals surface area contributed by atoms with Gasteiger partial charge in [0.05, 0.1) is 6.10 Å². The molecule has 1 aliphatic heterocycles. The predicted molar refractivity (Wildman–Crippen MR) is 88.2 cm³/mol. The summed E-state index contributed by atoms with van der Waals surface area (Å²) in [5.41, 5.74) is 1.09. The minimum atomic E-state index is -1.18. The van der Waals surface area contributed by atoms with Gasteiger partial charge in [0.15, 0.2) is 9.04 Å². The second-order valence-corrected chi connectivity index (χ2v) is 9.92. The first kappa shape index (κ1) is 16.5. The fourth-order valence-electron chi connectivity index (χ4n) is 2.71. The van der Waals surface area contributed by atoms with Crippen LogP contribution in [0.1, 0.15) is 46.3 Å². The van der Waals surface area contributed by atoms with E-state index >= 15 is 0 Å². The summed E-state index contributed by atoms with van der Waals surface area (Å²) in [7, 11) is -1.18. The van der Waals surface area contributed by atoms with Gasteiger partial charge >= 0.3 is 0 Å². The van der Waals surface area contributed by atoms with Crippen LogP contribution >= 0.6 is 0 Å². The lowest BCUT2D eigenvalue weighted by Crippen LogP contribution is -2.46. The van der Waals surface area contributed by atoms with Crippen molar-refractivity contribution in [1.29, 1.82) is 0 Å². The first-order valence-electron chi connectivity index (χ1n) is 7.71. The number of para-hydroxylation sites is 1. The van der Waals surface area contributed by atoms with Crippen molar-refractivity contribution in [2.24, 2.45) is 5.41 Å². The van der Waals surface area contributed by atoms with Crippen molar-refractivity contribution < 1.29 is 13.9 Å². The van der Waals surface area contributed by atoms with Gasteiger partial charge in [0, 0.05) is 19.4 Å². The number of rotatable bonds is 3. The van der Waals surface area contributed by atoms with E-state index in [0.29, 0.717) is 0 Å². The monoisotopic (exact) mass is 308 g/mol. The van der Waals surface area contributed by atoms with Crippen molar-refractivity contribution in [2.75, 3.05) is 0 Å². The van der Waals surface area contributed by atoms with Crippen LogP contribution in [0, 0.1) is 5.41 Å². The Morgan fingerprint density at radius 1 is 1.19 bits per heavy atom. The van der Waals surface area contributed by atoms with E-state index in [1.165, 1.54) is 0 Å². The molecule has 0 N–H and O–H groups in total. The fraction of sp³-hybridized carbons (Fsp3) is 0.647. The second kappa shape index (κ2) is 5.74. The highest BCUT2D eigenvalue weighted by Gasteiger charge is 2.43. The molecule has 4 heteroatoms. The van der Waals surface area contributed by atoms with Gasteiger partial charge in [-0.3, -0.25) is 0 Å². The Kier molecular flexibility index (Phi) is 4.52. The molecule has 0 amide bonds. The van der Waals surface area contributed by atoms with Crippen molar-refractivity contribution in [3.05, 3.63) is 29.8 Å². The molecule has 0 saturated heterocycles. The molecular formula is C17H28O3Si. The van der Waals surface area contributed by atoms with E-state index < -0.39 is 14.8 Å². The summed E-state index contributed by atoms with van der Waals surface area (Å²) in [6.07, 6.45) is -0.0756. The maximum absolute atomic E-state index is 6.36. The van der Waals surface area contributed by atoms with Crippen LogP contribution in [-0.4, -0.2) is 20.9 Å². The van der Waals surface area contributed by atoms with E-state index in [2.05, 4.69) is 39.9 Å². The van der Waals surface area contributed by atoms with Crippen LogP contribution in [0.3, 0.4) is 0 Å². The Morgan fingerprint density at radius 3 is 2.38 bits per heavy atom. The van der Waals surface area contributed by atoms with Crippen LogP contribution in [0.15, 0.2) is 24.3 Å². The van der Waals surface area contributed by atoms with E-state index in [0.717, 1.165) is 11.3 Å². The van der Waals surface area contributed by atoms with Gasteiger partial charge in [0.2, 0.25) is 5.79 Å². The Hall–Kier alpha value is -0.843. The molecule has 0 aliphatic carbocycles. The van der Waals surface area contributed by atoms with Crippen LogP contribution in [0.4, 0.5) is 0 Å². The molecule has 21 heavy (non-hydrogen) atoms. The SMILES string of the molecule is C[SiH](C)OC(C1OC(C)(C)Oc2ccccc21)C(C)(C)C. The smallest absolute Gasteiger partial charge is 0.205 e. The summed E-state index contributed by atoms with van der Waals surface area (Å²) in [6, 6.07) is 8.13. The minimum absolute atomic E-state index is 0.00245. The molecule has 0 fully saturated rings. The van der Waals surface area contributed by atoms with E-state index in [4.69, 9.17) is 13.9 Å². The lowest BCUT2D eigenvalue weighted by Gasteiger charge is -2.45. The van der Waals surface area contributed by atoms with Crippen molar-refractivity contribution in [2.45, 2.75) is 65.7 Å². The van der Waals surface area contributed by atoms with Gasteiger partial charge in [-0.05, 0) is 24.6 Å². The molecule has 2 atom stereocenters. The Balaban J connectivity index is 2.44. The lowest BCUT2D eigenvalue weighted by atomic mass is 9.83. The second-order valence-electron chi connectivity index (χ2n) is 7.55. The number of hydrogen-bond donors (Lipinski definition) is 0. The van der Waals surface area contributed by atoms with Crippen LogP contribution in [0.5, 0.6) is 5.75 Å². The summed E-state index contributed by atoms with van der Waals surface area (Å²) in [6.45, 7) is 15.0. The third-order valence-corrected chi connectivity index (χ3v) is 4.38. The summed E-state index contributed by atoms with van der Waals surface area (Å²) < 4.78 is 18.6. The molecule has 118 valence electrons. The zero-order valence-electron chi connectivity index (χ0n) is 14.3. The molecule has 2 unspecified atom stereocenters. The zero-order valence-corrected chi connectivity index (χ0v) is 15.4. The van der Waals surface area contributed by atoms with Gasteiger partial charge in [-0.2, -0.15) is 0 Å². The van der Waals surface area contributed by atoms with E-state index in [1.807, 2.05) is 32.0 Å². The van der Waals surface area contributed by atoms with Crippen LogP contribution < -0.4 is 4.74 Å². The number of benzene rings is 1. The zero-order chi connectivity index (χ0) is 15.8. The Morgan fingerprint density at radius 2 is 1.81 bits per heavy atom. The molecule has 1 aromatic rings. The molecule has 2 rings (SSSR count). The van der Waals surface area contributed by atoms with Crippen molar-refractivity contribution in [1.82, 2.24) is 0 Å². The first-order valence-corrected chi connectivity index (χ1v) is 10.5. The molecule has 1 heterocycles. The van der Waals surface area contributed by atoms with Crippen molar-refractivity contribution in [3.8, 4) is 5.75 Å². The number of fused-ring (bicyclic) bond motifs is 1. The van der Waals surface area contributed by atoms with Gasteiger partial charge in [0.25, 0.3) is 0 Å². The third kappa shape index (κ3) is 3.87. The van der Waals surface area contributed by atoms with Crippen LogP contribution in [-0.2, 0) is 9.16 Å². The molecule has 0 radical (unpaired) electrons. The van der Waals surface area contributed by atoms with Gasteiger partial charge in [-0.15, -0.1) is 0 Å². The average molecular weight is 308 g/mol. The standard InChI is InChI=1S/C17H28O3Si/c1-16(2,3)15(20-21(6)7)14-12-10-8-9-11-13(12)18-17(4,5)19-14/h8-11,14-15,21H,1-7H3. The van der Waals surface area contributed by atoms with Gasteiger partial charge < -0.3 is 13.9 Å². The largest absolute Gasteiger partial charge is 0.463 e. The highest BCUT2D eigenvalue weighted by molar-refractivity contribution is 6.48. The first-order chi connectivity index (χ1) is 9.60. The minimum Gasteiger partial charge on any atom is -0.463 e. The van der Waals surface area contributed by atoms with E-state index in [-0.39, 0.29) is 17.6 Å². The molecule has 0 saturated carbocycles. The summed E-state index contributed by atoms with van der Waals surface area (Å²) >= 11 is 0. The van der Waals surface area contributed by atoms with Crippen molar-refractivity contribution in [3.63, 3.8) is 0 Å². The Labute approximate surface area is 130 Å². The van der Waals surface area contributed by atoms with Crippen LogP contribution in [0.25, 0.3) is 0 Å². The molecule has 3 nitrogen and oxygen atoms in total. The number of ether oxygens (including phenoxy) is 2. The Bertz CT molecular complexity index is 491. The van der Waals surface area contributed by atoms with Gasteiger partial charge in [-0.1, -0.05) is 39.0 Å². The summed E-state index contributed by atoms with van der Waals surface area (Å²) in [5, 5.41) is 0. The van der Waals surface area contributed by atoms with E-state index in [9.17, 15) is 0 Å². The lowest BCUT2D eigenvalue weighted by molar-refractivity contribution is -0.236. The molecule has 1 aromatic carbocycles. The average Bonchev–Trinajstić information content (AvgIpc) is 2.32. The van der Waals surface area contributed by atoms with Gasteiger partial charge in [-0.25, -0.2) is 0 Å². The summed E-state index contributed by atoms with van der Waals surface area (Å²) in [5.74, 6) is 0.270. The normalized spacial score (nSPS) is 22.6. The topological polar surface area (TPSA) is 27.7 Å². The number of hydrogen-bond acceptors (Lipinski definition) is 3. The molecule has 0 bridgehead atoms. The highest BCUT2D eigenvalue weighted by atomic mass is 28.3. The van der Waals surface area contributed by atoms with Crippen molar-refractivity contribution >= 4 is 9.04 Å². The molecule has 1 aliphatic rings. The van der Waals surface area contributed by atoms with Crippen LogP contribution in [0.2, 0.25) is 13.1 Å². The maximum Gasteiger partial charge on any atom is 0.205 e. The quantitative estimate of drug-likeness (QED) is 0.780. The maximum atomic E-state index is 6.36. The third-order valence-electron chi connectivity index (χ3n) is 3.54. The molecule has 0 spiro atoms. The summed E-state index contributed by atoms with van der Waals surface area (Å²) in [4.78, 5) is 0. The predicted octanol–water partition coefficient (Wildman–Crippen LogP) is 4.29. The molecule has 0 aromatic heterocycles. The van der Waals surface area contributed by atoms with E-state index in [1.54, 1.807) is 0 Å². The highest BCUT2D eigenvalue weighted by Crippen LogP contribution is 2.45. The van der Waals surface area contributed by atoms with Gasteiger partial charge in [0.1, 0.15) is 11.9 Å². The fourth-order valence-corrected chi connectivity index (χ4v) is 3.85. The molecular weight excluding hydrogens is 280 g/mol.